The Labute approximate surface area is 174 Å². The fraction of sp³-hybridized carbons (Fsp3) is 0.909. The van der Waals surface area contributed by atoms with Crippen LogP contribution in [-0.4, -0.2) is 72.9 Å². The molecule has 3 fully saturated rings. The molecule has 29 heavy (non-hydrogen) atoms. The Bertz CT molecular complexity index is 518. The van der Waals surface area contributed by atoms with Crippen LogP contribution >= 0.6 is 0 Å². The Balaban J connectivity index is 1.30. The highest BCUT2D eigenvalue weighted by molar-refractivity contribution is 5.79. The number of likely N-dealkylation sites (tertiary alicyclic amines) is 1. The molecule has 3 aliphatic rings. The number of carbonyl (C=O) groups is 2. The summed E-state index contributed by atoms with van der Waals surface area (Å²) in [4.78, 5) is 26.8. The molecule has 1 aliphatic carbocycles. The number of nitrogens with one attached hydrogen (secondary N) is 2. The predicted octanol–water partition coefficient (Wildman–Crippen LogP) is 1.58. The monoisotopic (exact) mass is 409 g/mol. The maximum atomic E-state index is 12.4. The van der Waals surface area contributed by atoms with Gasteiger partial charge in [0.25, 0.3) is 0 Å². The molecule has 0 spiro atoms. The van der Waals surface area contributed by atoms with Gasteiger partial charge in [-0.05, 0) is 58.0 Å². The minimum atomic E-state index is -0.353. The molecule has 7 nitrogen and oxygen atoms in total. The van der Waals surface area contributed by atoms with E-state index in [1.165, 1.54) is 19.3 Å². The summed E-state index contributed by atoms with van der Waals surface area (Å²) in [5, 5.41) is 15.8. The van der Waals surface area contributed by atoms with E-state index in [2.05, 4.69) is 15.5 Å². The summed E-state index contributed by atoms with van der Waals surface area (Å²) in [6.07, 6.45) is 10.6. The van der Waals surface area contributed by atoms with Gasteiger partial charge < -0.3 is 25.4 Å². The number of rotatable bonds is 9. The zero-order chi connectivity index (χ0) is 20.5. The molecule has 2 saturated heterocycles. The Morgan fingerprint density at radius 3 is 2.48 bits per heavy atom. The lowest BCUT2D eigenvalue weighted by atomic mass is 9.96. The first-order valence-electron chi connectivity index (χ1n) is 11.7. The second kappa shape index (κ2) is 11.9. The molecular formula is C22H39N3O4. The lowest BCUT2D eigenvalue weighted by Crippen LogP contribution is -2.52. The highest BCUT2D eigenvalue weighted by Gasteiger charge is 2.33. The molecule has 2 amide bonds. The first-order valence-corrected chi connectivity index (χ1v) is 11.7. The Morgan fingerprint density at radius 2 is 1.76 bits per heavy atom. The van der Waals surface area contributed by atoms with Crippen molar-refractivity contribution in [1.29, 1.82) is 0 Å². The van der Waals surface area contributed by atoms with Crippen molar-refractivity contribution in [1.82, 2.24) is 15.5 Å². The van der Waals surface area contributed by atoms with E-state index in [1.54, 1.807) is 0 Å². The maximum Gasteiger partial charge on any atom is 0.223 e. The second-order valence-electron chi connectivity index (χ2n) is 8.94. The van der Waals surface area contributed by atoms with Gasteiger partial charge in [-0.2, -0.15) is 0 Å². The van der Waals surface area contributed by atoms with Gasteiger partial charge in [0.05, 0.1) is 18.8 Å². The smallest absolute Gasteiger partial charge is 0.223 e. The molecule has 3 N–H and O–H groups in total. The summed E-state index contributed by atoms with van der Waals surface area (Å²) in [7, 11) is 0. The van der Waals surface area contributed by atoms with Crippen molar-refractivity contribution < 1.29 is 19.4 Å². The number of aliphatic hydroxyl groups excluding tert-OH is 1. The van der Waals surface area contributed by atoms with Crippen LogP contribution in [0.4, 0.5) is 0 Å². The molecule has 0 bridgehead atoms. The van der Waals surface area contributed by atoms with E-state index in [1.807, 2.05) is 0 Å². The third-order valence-electron chi connectivity index (χ3n) is 6.74. The third-order valence-corrected chi connectivity index (χ3v) is 6.74. The molecule has 0 aromatic rings. The molecule has 166 valence electrons. The van der Waals surface area contributed by atoms with Crippen LogP contribution in [0.2, 0.25) is 0 Å². The van der Waals surface area contributed by atoms with Crippen LogP contribution in [0.15, 0.2) is 0 Å². The maximum absolute atomic E-state index is 12.4. The van der Waals surface area contributed by atoms with Gasteiger partial charge >= 0.3 is 0 Å². The lowest BCUT2D eigenvalue weighted by Gasteiger charge is -2.36. The van der Waals surface area contributed by atoms with E-state index in [0.717, 1.165) is 64.6 Å². The molecule has 2 aliphatic heterocycles. The Morgan fingerprint density at radius 1 is 1.00 bits per heavy atom. The summed E-state index contributed by atoms with van der Waals surface area (Å²) < 4.78 is 6.02. The zero-order valence-corrected chi connectivity index (χ0v) is 17.7. The number of amides is 2. The quantitative estimate of drug-likeness (QED) is 0.538. The molecule has 0 aromatic carbocycles. The summed E-state index contributed by atoms with van der Waals surface area (Å²) in [5.41, 5.74) is 0. The Hall–Kier alpha value is -1.18. The van der Waals surface area contributed by atoms with E-state index in [0.29, 0.717) is 13.0 Å². The van der Waals surface area contributed by atoms with Crippen molar-refractivity contribution in [3.8, 4) is 0 Å². The lowest BCUT2D eigenvalue weighted by molar-refractivity contribution is -0.132. The minimum Gasteiger partial charge on any atom is -0.394 e. The molecule has 2 heterocycles. The molecule has 0 radical (unpaired) electrons. The van der Waals surface area contributed by atoms with Crippen LogP contribution in [-0.2, 0) is 14.3 Å². The number of ether oxygens (including phenoxy) is 1. The largest absolute Gasteiger partial charge is 0.394 e. The summed E-state index contributed by atoms with van der Waals surface area (Å²) in [6.45, 7) is 3.59. The second-order valence-corrected chi connectivity index (χ2v) is 8.94. The highest BCUT2D eigenvalue weighted by atomic mass is 16.5. The van der Waals surface area contributed by atoms with Crippen molar-refractivity contribution in [2.45, 2.75) is 88.9 Å². The molecule has 3 rings (SSSR count). The van der Waals surface area contributed by atoms with Gasteiger partial charge in [-0.1, -0.05) is 19.3 Å². The standard InChI is InChI=1S/C22H39N3O4/c26-16-20-19(24-22(28)17-6-2-3-7-17)9-8-18(29-20)10-12-23-21(27)11-15-25-13-4-1-5-14-25/h17-20,26H,1-16H2,(H,23,27)(H,24,28)/t18-,19+,20+/m1/s1. The van der Waals surface area contributed by atoms with E-state index in [9.17, 15) is 14.7 Å². The van der Waals surface area contributed by atoms with Crippen molar-refractivity contribution in [3.05, 3.63) is 0 Å². The number of carbonyl (C=O) groups excluding carboxylic acids is 2. The fourth-order valence-electron chi connectivity index (χ4n) is 4.90. The van der Waals surface area contributed by atoms with Crippen LogP contribution in [0.3, 0.4) is 0 Å². The van der Waals surface area contributed by atoms with Gasteiger partial charge in [0.1, 0.15) is 6.10 Å². The van der Waals surface area contributed by atoms with E-state index in [4.69, 9.17) is 4.74 Å². The normalized spacial score (nSPS) is 28.9. The van der Waals surface area contributed by atoms with Crippen LogP contribution in [0.1, 0.15) is 70.6 Å². The van der Waals surface area contributed by atoms with E-state index < -0.39 is 0 Å². The van der Waals surface area contributed by atoms with Gasteiger partial charge in [0, 0.05) is 25.4 Å². The molecule has 0 unspecified atom stereocenters. The van der Waals surface area contributed by atoms with Gasteiger partial charge in [0.15, 0.2) is 0 Å². The molecule has 3 atom stereocenters. The average Bonchev–Trinajstić information content (AvgIpc) is 3.29. The van der Waals surface area contributed by atoms with Crippen LogP contribution in [0, 0.1) is 5.92 Å². The van der Waals surface area contributed by atoms with Gasteiger partial charge in [-0.25, -0.2) is 0 Å². The number of aliphatic hydroxyl groups is 1. The first-order chi connectivity index (χ1) is 14.2. The summed E-state index contributed by atoms with van der Waals surface area (Å²) in [5.74, 6) is 0.355. The van der Waals surface area contributed by atoms with Crippen molar-refractivity contribution in [3.63, 3.8) is 0 Å². The van der Waals surface area contributed by atoms with E-state index in [-0.39, 0.29) is 42.6 Å². The topological polar surface area (TPSA) is 90.9 Å². The van der Waals surface area contributed by atoms with Gasteiger partial charge in [0.2, 0.25) is 11.8 Å². The van der Waals surface area contributed by atoms with Crippen LogP contribution in [0.25, 0.3) is 0 Å². The molecule has 7 heteroatoms. The van der Waals surface area contributed by atoms with Crippen molar-refractivity contribution in [2.75, 3.05) is 32.8 Å². The van der Waals surface area contributed by atoms with E-state index >= 15 is 0 Å². The first kappa shape index (κ1) is 22.5. The predicted molar refractivity (Wildman–Crippen MR) is 111 cm³/mol. The number of hydrogen-bond donors (Lipinski definition) is 3. The van der Waals surface area contributed by atoms with Gasteiger partial charge in [-0.15, -0.1) is 0 Å². The summed E-state index contributed by atoms with van der Waals surface area (Å²) in [6, 6.07) is -0.108. The van der Waals surface area contributed by atoms with Gasteiger partial charge in [-0.3, -0.25) is 9.59 Å². The van der Waals surface area contributed by atoms with Crippen LogP contribution in [0.5, 0.6) is 0 Å². The van der Waals surface area contributed by atoms with Crippen molar-refractivity contribution in [2.24, 2.45) is 5.92 Å². The highest BCUT2D eigenvalue weighted by Crippen LogP contribution is 2.26. The van der Waals surface area contributed by atoms with Crippen LogP contribution < -0.4 is 10.6 Å². The third kappa shape index (κ3) is 7.23. The number of piperidine rings is 1. The average molecular weight is 410 g/mol. The molecule has 1 saturated carbocycles. The zero-order valence-electron chi connectivity index (χ0n) is 17.7. The SMILES string of the molecule is O=C(CCN1CCCCC1)NCC[C@H]1CC[C@H](NC(=O)C2CCCC2)[C@H](CO)O1. The summed E-state index contributed by atoms with van der Waals surface area (Å²) >= 11 is 0. The molecular weight excluding hydrogens is 370 g/mol. The fourth-order valence-corrected chi connectivity index (χ4v) is 4.90. The number of hydrogen-bond acceptors (Lipinski definition) is 5. The van der Waals surface area contributed by atoms with Crippen molar-refractivity contribution >= 4 is 11.8 Å². The Kier molecular flexibility index (Phi) is 9.21. The minimum absolute atomic E-state index is 0.0224. The number of nitrogens with zero attached hydrogens (tertiary/aromatic N) is 1. The molecule has 0 aromatic heterocycles.